The predicted molar refractivity (Wildman–Crippen MR) is 142 cm³/mol. The van der Waals surface area contributed by atoms with E-state index in [4.69, 9.17) is 18.9 Å². The molecule has 0 amide bonds. The summed E-state index contributed by atoms with van der Waals surface area (Å²) in [6.45, 7) is 12.1. The van der Waals surface area contributed by atoms with Crippen LogP contribution in [0.1, 0.15) is 73.6 Å². The number of methoxy groups -OCH3 is 1. The van der Waals surface area contributed by atoms with Crippen LogP contribution >= 0.6 is 0 Å². The highest BCUT2D eigenvalue weighted by Gasteiger charge is 2.50. The third-order valence-corrected chi connectivity index (χ3v) is 8.18. The Morgan fingerprint density at radius 3 is 2.41 bits per heavy atom. The fourth-order valence-electron chi connectivity index (χ4n) is 5.73. The topological polar surface area (TPSA) is 107 Å². The number of Topliss-reactive ketones (excluding diaryl/α,β-unsaturated/α-hetero) is 1. The molecule has 2 N–H and O–H groups in total. The number of ketones is 1. The molecule has 0 spiro atoms. The number of nitrogens with one attached hydrogen (secondary N) is 1. The summed E-state index contributed by atoms with van der Waals surface area (Å²) in [5.41, 5.74) is -2.16. The molecular weight excluding hydrogens is 476 g/mol. The highest BCUT2D eigenvalue weighted by molar-refractivity contribution is 6.04. The first kappa shape index (κ1) is 32.1. The zero-order chi connectivity index (χ0) is 28.0. The molecule has 2 fully saturated rings. The van der Waals surface area contributed by atoms with E-state index in [-0.39, 0.29) is 37.1 Å². The number of rotatable bonds is 7. The van der Waals surface area contributed by atoms with Crippen molar-refractivity contribution in [2.45, 2.75) is 110 Å². The first-order valence-corrected chi connectivity index (χ1v) is 13.8. The quantitative estimate of drug-likeness (QED) is 0.381. The van der Waals surface area contributed by atoms with Gasteiger partial charge in [0.15, 0.2) is 12.1 Å². The number of ether oxygens (including phenoxy) is 4. The Kier molecular flexibility index (Phi) is 12.0. The van der Waals surface area contributed by atoms with E-state index in [9.17, 15) is 14.7 Å². The summed E-state index contributed by atoms with van der Waals surface area (Å²) in [6, 6.07) is 0.192. The molecule has 0 radical (unpaired) electrons. The number of esters is 1. The number of hydrogen-bond acceptors (Lipinski definition) is 9. The van der Waals surface area contributed by atoms with Gasteiger partial charge in [-0.2, -0.15) is 0 Å². The van der Waals surface area contributed by atoms with Gasteiger partial charge in [-0.05, 0) is 79.9 Å². The summed E-state index contributed by atoms with van der Waals surface area (Å²) in [4.78, 5) is 29.2. The van der Waals surface area contributed by atoms with Gasteiger partial charge in [-0.15, -0.1) is 0 Å². The minimum atomic E-state index is -1.36. The van der Waals surface area contributed by atoms with Crippen molar-refractivity contribution in [3.63, 3.8) is 0 Å². The lowest BCUT2D eigenvalue weighted by Gasteiger charge is -2.45. The second kappa shape index (κ2) is 13.8. The Labute approximate surface area is 223 Å². The molecule has 2 rings (SSSR count). The molecule has 0 aromatic heterocycles. The van der Waals surface area contributed by atoms with E-state index in [1.807, 2.05) is 20.8 Å². The third-order valence-electron chi connectivity index (χ3n) is 8.18. The molecule has 0 aliphatic carbocycles. The Bertz CT molecular complexity index is 746. The standard InChI is InChI=1S/C28H52N2O7/c1-18-15-28(6,34-9)25(37-23-14-22(30(7)8)13-19(2)36-23)20(3)24(32)27(4,5)26(33)35-17-21(29-16-18)11-10-12-31/h18-23,25,29,31H,10-17H2,1-9H3/t18-,19?,20+,21+,22+,23+,25-,28-/m1/s1. The zero-order valence-electron chi connectivity index (χ0n) is 24.5. The van der Waals surface area contributed by atoms with Gasteiger partial charge < -0.3 is 34.3 Å². The molecule has 0 saturated carbocycles. The lowest BCUT2D eigenvalue weighted by atomic mass is 9.74. The monoisotopic (exact) mass is 528 g/mol. The van der Waals surface area contributed by atoms with Gasteiger partial charge in [0, 0.05) is 38.1 Å². The van der Waals surface area contributed by atoms with Crippen molar-refractivity contribution in [3.8, 4) is 0 Å². The van der Waals surface area contributed by atoms with Crippen LogP contribution in [0.5, 0.6) is 0 Å². The normalized spacial score (nSPS) is 38.4. The molecule has 0 aromatic rings. The molecule has 9 heteroatoms. The molecule has 2 aliphatic rings. The van der Waals surface area contributed by atoms with Crippen molar-refractivity contribution in [2.24, 2.45) is 17.3 Å². The number of carbonyl (C=O) groups is 2. The zero-order valence-corrected chi connectivity index (χ0v) is 24.5. The van der Waals surface area contributed by atoms with Crippen LogP contribution in [-0.4, -0.2) is 98.9 Å². The van der Waals surface area contributed by atoms with Gasteiger partial charge in [0.2, 0.25) is 0 Å². The smallest absolute Gasteiger partial charge is 0.319 e. The van der Waals surface area contributed by atoms with E-state index in [0.29, 0.717) is 38.3 Å². The second-order valence-corrected chi connectivity index (χ2v) is 12.2. The van der Waals surface area contributed by atoms with Crippen molar-refractivity contribution < 1.29 is 33.6 Å². The molecule has 0 bridgehead atoms. The number of aliphatic hydroxyl groups excluding tert-OH is 1. The van der Waals surface area contributed by atoms with Crippen LogP contribution in [-0.2, 0) is 28.5 Å². The number of nitrogens with zero attached hydrogens (tertiary/aromatic N) is 1. The summed E-state index contributed by atoms with van der Waals surface area (Å²) < 4.78 is 24.6. The average molecular weight is 529 g/mol. The Morgan fingerprint density at radius 2 is 1.81 bits per heavy atom. The average Bonchev–Trinajstić information content (AvgIpc) is 2.84. The van der Waals surface area contributed by atoms with Gasteiger partial charge >= 0.3 is 5.97 Å². The lowest BCUT2D eigenvalue weighted by molar-refractivity contribution is -0.263. The first-order valence-electron chi connectivity index (χ1n) is 13.8. The van der Waals surface area contributed by atoms with Crippen molar-refractivity contribution in [1.82, 2.24) is 10.2 Å². The van der Waals surface area contributed by atoms with Crippen molar-refractivity contribution in [2.75, 3.05) is 41.0 Å². The van der Waals surface area contributed by atoms with Gasteiger partial charge in [0.1, 0.15) is 12.0 Å². The molecule has 2 heterocycles. The molecule has 0 aromatic carbocycles. The van der Waals surface area contributed by atoms with Crippen LogP contribution in [0.2, 0.25) is 0 Å². The maximum atomic E-state index is 13.9. The maximum absolute atomic E-state index is 13.9. The van der Waals surface area contributed by atoms with Gasteiger partial charge in [-0.3, -0.25) is 9.59 Å². The van der Waals surface area contributed by atoms with E-state index in [2.05, 4.69) is 31.2 Å². The van der Waals surface area contributed by atoms with E-state index in [0.717, 1.165) is 6.42 Å². The Morgan fingerprint density at radius 1 is 1.14 bits per heavy atom. The number of hydrogen-bond donors (Lipinski definition) is 2. The maximum Gasteiger partial charge on any atom is 0.319 e. The number of carbonyl (C=O) groups excluding carboxylic acids is 2. The van der Waals surface area contributed by atoms with Crippen LogP contribution in [0.3, 0.4) is 0 Å². The number of aliphatic hydroxyl groups is 1. The highest BCUT2D eigenvalue weighted by atomic mass is 16.7. The second-order valence-electron chi connectivity index (χ2n) is 12.2. The SMILES string of the molecule is CO[C@]1(C)C[C@@H](C)CN[C@@H](CCCO)COC(=O)C(C)(C)C(=O)[C@H](C)[C@H]1O[C@H]1C[C@@H](N(C)C)CC(C)O1. The fraction of sp³-hybridized carbons (Fsp3) is 0.929. The Balaban J connectivity index is 2.42. The van der Waals surface area contributed by atoms with Crippen LogP contribution in [0.15, 0.2) is 0 Å². The molecule has 37 heavy (non-hydrogen) atoms. The molecule has 216 valence electrons. The van der Waals surface area contributed by atoms with Crippen molar-refractivity contribution >= 4 is 11.8 Å². The largest absolute Gasteiger partial charge is 0.463 e. The van der Waals surface area contributed by atoms with E-state index >= 15 is 0 Å². The van der Waals surface area contributed by atoms with E-state index < -0.39 is 35.3 Å². The van der Waals surface area contributed by atoms with E-state index in [1.54, 1.807) is 21.0 Å². The van der Waals surface area contributed by atoms with Gasteiger partial charge in [0.25, 0.3) is 0 Å². The Hall–Kier alpha value is -1.10. The summed E-state index contributed by atoms with van der Waals surface area (Å²) in [7, 11) is 5.77. The minimum absolute atomic E-state index is 0.0195. The molecule has 9 nitrogen and oxygen atoms in total. The van der Waals surface area contributed by atoms with Crippen LogP contribution in [0, 0.1) is 17.3 Å². The molecule has 1 unspecified atom stereocenters. The molecule has 2 saturated heterocycles. The van der Waals surface area contributed by atoms with Gasteiger partial charge in [-0.25, -0.2) is 0 Å². The van der Waals surface area contributed by atoms with Crippen LogP contribution in [0.25, 0.3) is 0 Å². The third kappa shape index (κ3) is 8.44. The van der Waals surface area contributed by atoms with E-state index in [1.165, 1.54) is 0 Å². The van der Waals surface area contributed by atoms with Crippen LogP contribution in [0.4, 0.5) is 0 Å². The molecule has 2 aliphatic heterocycles. The highest BCUT2D eigenvalue weighted by Crippen LogP contribution is 2.37. The summed E-state index contributed by atoms with van der Waals surface area (Å²) >= 11 is 0. The molecular formula is C28H52N2O7. The minimum Gasteiger partial charge on any atom is -0.463 e. The molecule has 8 atom stereocenters. The predicted octanol–water partition coefficient (Wildman–Crippen LogP) is 2.78. The lowest BCUT2D eigenvalue weighted by Crippen LogP contribution is -2.55. The number of cyclic esters (lactones) is 1. The summed E-state index contributed by atoms with van der Waals surface area (Å²) in [5.74, 6) is -1.26. The fourth-order valence-corrected chi connectivity index (χ4v) is 5.73. The summed E-state index contributed by atoms with van der Waals surface area (Å²) in [5, 5.41) is 12.8. The van der Waals surface area contributed by atoms with Crippen molar-refractivity contribution in [1.29, 1.82) is 0 Å². The van der Waals surface area contributed by atoms with Crippen molar-refractivity contribution in [3.05, 3.63) is 0 Å². The van der Waals surface area contributed by atoms with Crippen LogP contribution < -0.4 is 5.32 Å². The first-order chi connectivity index (χ1) is 17.2. The summed E-state index contributed by atoms with van der Waals surface area (Å²) in [6.07, 6.45) is 2.39. The van der Waals surface area contributed by atoms with Gasteiger partial charge in [-0.1, -0.05) is 13.8 Å². The van der Waals surface area contributed by atoms with Gasteiger partial charge in [0.05, 0.1) is 17.8 Å².